The largest absolute Gasteiger partial charge is 0.435 e. The molecular weight excluding hydrogens is 254 g/mol. The summed E-state index contributed by atoms with van der Waals surface area (Å²) in [6, 6.07) is 6.34. The molecule has 0 aliphatic carbocycles. The number of amides is 1. The molecule has 0 saturated heterocycles. The molecule has 4 nitrogen and oxygen atoms in total. The number of halogens is 2. The second-order valence-electron chi connectivity index (χ2n) is 4.20. The lowest BCUT2D eigenvalue weighted by Gasteiger charge is -2.10. The fourth-order valence-corrected chi connectivity index (χ4v) is 1.45. The summed E-state index contributed by atoms with van der Waals surface area (Å²) in [6.07, 6.45) is 0.623. The van der Waals surface area contributed by atoms with Crippen molar-refractivity contribution >= 4 is 5.91 Å². The van der Waals surface area contributed by atoms with E-state index in [9.17, 15) is 13.6 Å². The Bertz CT molecular complexity index is 396. The van der Waals surface area contributed by atoms with Crippen molar-refractivity contribution in [3.05, 3.63) is 29.8 Å². The molecule has 1 aromatic carbocycles. The van der Waals surface area contributed by atoms with Gasteiger partial charge in [-0.15, -0.1) is 0 Å². The molecule has 0 radical (unpaired) electrons. The number of alkyl halides is 2. The fourth-order valence-electron chi connectivity index (χ4n) is 1.45. The van der Waals surface area contributed by atoms with Gasteiger partial charge in [-0.3, -0.25) is 4.79 Å². The van der Waals surface area contributed by atoms with E-state index < -0.39 is 6.61 Å². The zero-order chi connectivity index (χ0) is 14.3. The van der Waals surface area contributed by atoms with Gasteiger partial charge in [0, 0.05) is 19.0 Å². The molecule has 0 heterocycles. The zero-order valence-electron chi connectivity index (χ0n) is 10.7. The molecule has 19 heavy (non-hydrogen) atoms. The lowest BCUT2D eigenvalue weighted by atomic mass is 10.1. The molecule has 6 heteroatoms. The molecule has 1 amide bonds. The Morgan fingerprint density at radius 3 is 2.53 bits per heavy atom. The van der Waals surface area contributed by atoms with Crippen LogP contribution in [0.1, 0.15) is 12.5 Å². The van der Waals surface area contributed by atoms with Gasteiger partial charge in [0.2, 0.25) is 5.91 Å². The van der Waals surface area contributed by atoms with Crippen LogP contribution in [0.25, 0.3) is 0 Å². The van der Waals surface area contributed by atoms with E-state index in [-0.39, 0.29) is 17.6 Å². The van der Waals surface area contributed by atoms with Crippen molar-refractivity contribution < 1.29 is 18.3 Å². The topological polar surface area (TPSA) is 64.4 Å². The van der Waals surface area contributed by atoms with Gasteiger partial charge in [-0.1, -0.05) is 19.1 Å². The average Bonchev–Trinajstić information content (AvgIpc) is 2.39. The Kier molecular flexibility index (Phi) is 6.21. The number of carbonyl (C=O) groups is 1. The van der Waals surface area contributed by atoms with Gasteiger partial charge in [0.15, 0.2) is 0 Å². The van der Waals surface area contributed by atoms with E-state index in [0.717, 1.165) is 5.56 Å². The Labute approximate surface area is 110 Å². The number of rotatable bonds is 7. The number of carbonyl (C=O) groups excluding carboxylic acids is 1. The first-order chi connectivity index (χ1) is 9.02. The molecule has 0 fully saturated rings. The number of hydrogen-bond acceptors (Lipinski definition) is 3. The third-order valence-corrected chi connectivity index (χ3v) is 2.66. The van der Waals surface area contributed by atoms with Gasteiger partial charge in [0.05, 0.1) is 0 Å². The van der Waals surface area contributed by atoms with Crippen molar-refractivity contribution in [1.29, 1.82) is 0 Å². The fraction of sp³-hybridized carbons (Fsp3) is 0.462. The summed E-state index contributed by atoms with van der Waals surface area (Å²) >= 11 is 0. The van der Waals surface area contributed by atoms with E-state index in [1.54, 1.807) is 19.1 Å². The summed E-state index contributed by atoms with van der Waals surface area (Å²) in [5.41, 5.74) is 6.31. The van der Waals surface area contributed by atoms with Crippen molar-refractivity contribution in [2.24, 2.45) is 11.7 Å². The summed E-state index contributed by atoms with van der Waals surface area (Å²) in [6.45, 7) is -0.266. The lowest BCUT2D eigenvalue weighted by Crippen LogP contribution is -2.34. The van der Waals surface area contributed by atoms with Crippen LogP contribution in [-0.4, -0.2) is 25.6 Å². The van der Waals surface area contributed by atoms with Gasteiger partial charge >= 0.3 is 6.61 Å². The van der Waals surface area contributed by atoms with Crippen LogP contribution in [-0.2, 0) is 11.2 Å². The molecular formula is C13H18F2N2O2. The van der Waals surface area contributed by atoms with Crippen molar-refractivity contribution in [3.63, 3.8) is 0 Å². The number of nitrogens with two attached hydrogens (primary N) is 1. The number of benzene rings is 1. The van der Waals surface area contributed by atoms with Gasteiger partial charge in [0.1, 0.15) is 5.75 Å². The maximum atomic E-state index is 11.9. The highest BCUT2D eigenvalue weighted by molar-refractivity contribution is 5.78. The van der Waals surface area contributed by atoms with Crippen LogP contribution in [0.5, 0.6) is 5.75 Å². The maximum absolute atomic E-state index is 11.9. The highest BCUT2D eigenvalue weighted by atomic mass is 19.3. The van der Waals surface area contributed by atoms with Gasteiger partial charge in [-0.25, -0.2) is 0 Å². The minimum atomic E-state index is -2.82. The predicted octanol–water partition coefficient (Wildman–Crippen LogP) is 1.54. The molecule has 0 saturated carbocycles. The van der Waals surface area contributed by atoms with Crippen LogP contribution >= 0.6 is 0 Å². The quantitative estimate of drug-likeness (QED) is 0.791. The molecule has 1 aromatic rings. The van der Waals surface area contributed by atoms with E-state index in [1.165, 1.54) is 12.1 Å². The lowest BCUT2D eigenvalue weighted by molar-refractivity contribution is -0.124. The van der Waals surface area contributed by atoms with Crippen LogP contribution in [0.15, 0.2) is 24.3 Å². The van der Waals surface area contributed by atoms with Gasteiger partial charge in [-0.2, -0.15) is 8.78 Å². The van der Waals surface area contributed by atoms with Gasteiger partial charge in [0.25, 0.3) is 0 Å². The van der Waals surface area contributed by atoms with E-state index >= 15 is 0 Å². The highest BCUT2D eigenvalue weighted by Gasteiger charge is 2.09. The maximum Gasteiger partial charge on any atom is 0.387 e. The first kappa shape index (κ1) is 15.4. The standard InChI is InChI=1S/C13H18F2N2O2/c1-9(8-16)12(18)17-7-6-10-2-4-11(5-3-10)19-13(14)15/h2-5,9,13H,6-8,16H2,1H3,(H,17,18). The first-order valence-electron chi connectivity index (χ1n) is 6.04. The SMILES string of the molecule is CC(CN)C(=O)NCCc1ccc(OC(F)F)cc1. The van der Waals surface area contributed by atoms with Crippen molar-refractivity contribution in [3.8, 4) is 5.75 Å². The molecule has 0 aromatic heterocycles. The zero-order valence-corrected chi connectivity index (χ0v) is 10.7. The normalized spacial score (nSPS) is 12.3. The van der Waals surface area contributed by atoms with Crippen LogP contribution in [0.2, 0.25) is 0 Å². The molecule has 106 valence electrons. The molecule has 1 rings (SSSR count). The van der Waals surface area contributed by atoms with E-state index in [2.05, 4.69) is 10.1 Å². The molecule has 0 spiro atoms. The van der Waals surface area contributed by atoms with E-state index in [0.29, 0.717) is 19.5 Å². The monoisotopic (exact) mass is 272 g/mol. The summed E-state index contributed by atoms with van der Waals surface area (Å²) in [5, 5.41) is 2.76. The van der Waals surface area contributed by atoms with Crippen LogP contribution in [0.4, 0.5) is 8.78 Å². The van der Waals surface area contributed by atoms with E-state index in [4.69, 9.17) is 5.73 Å². The second-order valence-corrected chi connectivity index (χ2v) is 4.20. The van der Waals surface area contributed by atoms with E-state index in [1.807, 2.05) is 0 Å². The first-order valence-corrected chi connectivity index (χ1v) is 6.04. The molecule has 0 bridgehead atoms. The third kappa shape index (κ3) is 5.65. The summed E-state index contributed by atoms with van der Waals surface area (Å²) in [5.74, 6) is -0.165. The minimum Gasteiger partial charge on any atom is -0.435 e. The minimum absolute atomic E-state index is 0.0832. The van der Waals surface area contributed by atoms with Crippen molar-refractivity contribution in [2.45, 2.75) is 20.0 Å². The average molecular weight is 272 g/mol. The van der Waals surface area contributed by atoms with Crippen molar-refractivity contribution in [2.75, 3.05) is 13.1 Å². The summed E-state index contributed by atoms with van der Waals surface area (Å²) < 4.78 is 28.1. The van der Waals surface area contributed by atoms with Gasteiger partial charge in [-0.05, 0) is 24.1 Å². The van der Waals surface area contributed by atoms with Crippen molar-refractivity contribution in [1.82, 2.24) is 5.32 Å². The molecule has 1 unspecified atom stereocenters. The third-order valence-electron chi connectivity index (χ3n) is 2.66. The van der Waals surface area contributed by atoms with Crippen LogP contribution in [0.3, 0.4) is 0 Å². The Balaban J connectivity index is 2.36. The molecule has 0 aliphatic heterocycles. The summed E-state index contributed by atoms with van der Waals surface area (Å²) in [7, 11) is 0. The smallest absolute Gasteiger partial charge is 0.387 e. The summed E-state index contributed by atoms with van der Waals surface area (Å²) in [4.78, 5) is 11.4. The Morgan fingerprint density at radius 1 is 1.37 bits per heavy atom. The molecule has 1 atom stereocenters. The number of hydrogen-bond donors (Lipinski definition) is 2. The molecule has 3 N–H and O–H groups in total. The van der Waals surface area contributed by atoms with Gasteiger partial charge < -0.3 is 15.8 Å². The Morgan fingerprint density at radius 2 is 2.00 bits per heavy atom. The molecule has 0 aliphatic rings. The van der Waals surface area contributed by atoms with Crippen LogP contribution in [0, 0.1) is 5.92 Å². The predicted molar refractivity (Wildman–Crippen MR) is 68.0 cm³/mol. The number of ether oxygens (including phenoxy) is 1. The van der Waals surface area contributed by atoms with Crippen LogP contribution < -0.4 is 15.8 Å². The second kappa shape index (κ2) is 7.68. The number of nitrogens with one attached hydrogen (secondary N) is 1. The Hall–Kier alpha value is -1.69. The highest BCUT2D eigenvalue weighted by Crippen LogP contribution is 2.14.